The highest BCUT2D eigenvalue weighted by Gasteiger charge is 2.20. The molecule has 0 radical (unpaired) electrons. The average molecular weight is 470 g/mol. The molecular formula is C22H26N6O6. The van der Waals surface area contributed by atoms with Crippen LogP contribution >= 0.6 is 0 Å². The molecule has 2 aromatic carbocycles. The maximum atomic E-state index is 12.6. The number of nitrogens with zero attached hydrogens (tertiary/aromatic N) is 2. The smallest absolute Gasteiger partial charge is 0.319 e. The summed E-state index contributed by atoms with van der Waals surface area (Å²) in [6.07, 6.45) is 1.32. The summed E-state index contributed by atoms with van der Waals surface area (Å²) in [7, 11) is 0. The Morgan fingerprint density at radius 1 is 1.15 bits per heavy atom. The zero-order chi connectivity index (χ0) is 24.9. The fourth-order valence-electron chi connectivity index (χ4n) is 2.94. The highest BCUT2D eigenvalue weighted by atomic mass is 16.6. The number of anilines is 1. The summed E-state index contributed by atoms with van der Waals surface area (Å²) in [4.78, 5) is 46.8. The monoisotopic (exact) mass is 470 g/mol. The quantitative estimate of drug-likeness (QED) is 0.128. The zero-order valence-electron chi connectivity index (χ0n) is 18.5. The molecule has 0 aromatic heterocycles. The minimum absolute atomic E-state index is 0.0144. The highest BCUT2D eigenvalue weighted by molar-refractivity contribution is 5.90. The Labute approximate surface area is 195 Å². The summed E-state index contributed by atoms with van der Waals surface area (Å²) in [5.41, 5.74) is 1.62. The van der Waals surface area contributed by atoms with Crippen molar-refractivity contribution in [2.45, 2.75) is 25.8 Å². The van der Waals surface area contributed by atoms with Crippen molar-refractivity contribution in [3.63, 3.8) is 0 Å². The normalized spacial score (nSPS) is 11.4. The fraction of sp³-hybridized carbons (Fsp3) is 0.273. The summed E-state index contributed by atoms with van der Waals surface area (Å²) in [5.74, 6) is 4.26. The number of urea groups is 1. The SMILES string of the molecule is CCOC(=O)CCNC(=O)CC(NC(=O)Nc1ccc(C=NN)cc1)c1ccc([N+](=O)[O-])cc1. The lowest BCUT2D eigenvalue weighted by atomic mass is 10.0. The van der Waals surface area contributed by atoms with Crippen LogP contribution in [0.15, 0.2) is 53.6 Å². The van der Waals surface area contributed by atoms with Gasteiger partial charge in [-0.15, -0.1) is 0 Å². The number of rotatable bonds is 11. The van der Waals surface area contributed by atoms with Crippen LogP contribution in [0.2, 0.25) is 0 Å². The lowest BCUT2D eigenvalue weighted by Crippen LogP contribution is -2.36. The molecule has 12 heteroatoms. The van der Waals surface area contributed by atoms with E-state index in [1.807, 2.05) is 0 Å². The number of amides is 3. The van der Waals surface area contributed by atoms with E-state index in [4.69, 9.17) is 10.6 Å². The van der Waals surface area contributed by atoms with Gasteiger partial charge in [0.25, 0.3) is 5.69 Å². The number of carbonyl (C=O) groups excluding carboxylic acids is 3. The van der Waals surface area contributed by atoms with Gasteiger partial charge in [-0.3, -0.25) is 19.7 Å². The van der Waals surface area contributed by atoms with Crippen molar-refractivity contribution < 1.29 is 24.0 Å². The molecule has 3 amide bonds. The van der Waals surface area contributed by atoms with Crippen molar-refractivity contribution in [1.82, 2.24) is 10.6 Å². The van der Waals surface area contributed by atoms with Gasteiger partial charge in [-0.25, -0.2) is 4.79 Å². The molecule has 0 heterocycles. The van der Waals surface area contributed by atoms with E-state index in [-0.39, 0.29) is 31.7 Å². The van der Waals surface area contributed by atoms with Crippen LogP contribution in [0.1, 0.15) is 36.9 Å². The molecule has 2 aromatic rings. The second-order valence-corrected chi connectivity index (χ2v) is 7.01. The molecule has 0 spiro atoms. The van der Waals surface area contributed by atoms with Gasteiger partial charge in [-0.1, -0.05) is 24.3 Å². The van der Waals surface area contributed by atoms with Crippen LogP contribution in [-0.2, 0) is 14.3 Å². The van der Waals surface area contributed by atoms with Crippen molar-refractivity contribution in [2.75, 3.05) is 18.5 Å². The highest BCUT2D eigenvalue weighted by Crippen LogP contribution is 2.21. The van der Waals surface area contributed by atoms with E-state index in [0.29, 0.717) is 11.3 Å². The third-order valence-corrected chi connectivity index (χ3v) is 4.55. The van der Waals surface area contributed by atoms with E-state index in [1.54, 1.807) is 31.2 Å². The topological polar surface area (TPSA) is 178 Å². The second kappa shape index (κ2) is 13.2. The molecule has 0 bridgehead atoms. The van der Waals surface area contributed by atoms with Crippen molar-refractivity contribution in [1.29, 1.82) is 0 Å². The van der Waals surface area contributed by atoms with Crippen molar-refractivity contribution in [2.24, 2.45) is 10.9 Å². The molecule has 0 aliphatic carbocycles. The number of hydrazone groups is 1. The van der Waals surface area contributed by atoms with E-state index < -0.39 is 28.9 Å². The number of hydrogen-bond donors (Lipinski definition) is 4. The van der Waals surface area contributed by atoms with E-state index in [2.05, 4.69) is 21.1 Å². The third kappa shape index (κ3) is 8.57. The molecule has 1 atom stereocenters. The first-order valence-corrected chi connectivity index (χ1v) is 10.4. The predicted octanol–water partition coefficient (Wildman–Crippen LogP) is 2.21. The first-order valence-electron chi connectivity index (χ1n) is 10.4. The number of nitro groups is 1. The van der Waals surface area contributed by atoms with Gasteiger partial charge in [-0.05, 0) is 30.2 Å². The third-order valence-electron chi connectivity index (χ3n) is 4.55. The van der Waals surface area contributed by atoms with Crippen LogP contribution in [0.5, 0.6) is 0 Å². The molecule has 0 aliphatic rings. The van der Waals surface area contributed by atoms with Gasteiger partial charge in [0.15, 0.2) is 0 Å². The summed E-state index contributed by atoms with van der Waals surface area (Å²) in [6.45, 7) is 2.01. The fourth-order valence-corrected chi connectivity index (χ4v) is 2.94. The molecule has 180 valence electrons. The number of nitrogens with two attached hydrogens (primary N) is 1. The summed E-state index contributed by atoms with van der Waals surface area (Å²) < 4.78 is 4.81. The number of esters is 1. The predicted molar refractivity (Wildman–Crippen MR) is 125 cm³/mol. The van der Waals surface area contributed by atoms with E-state index in [1.165, 1.54) is 30.5 Å². The zero-order valence-corrected chi connectivity index (χ0v) is 18.5. The van der Waals surface area contributed by atoms with Crippen LogP contribution in [0, 0.1) is 10.1 Å². The molecule has 0 fully saturated rings. The molecule has 0 saturated carbocycles. The van der Waals surface area contributed by atoms with Gasteiger partial charge in [0.05, 0.1) is 36.6 Å². The number of ether oxygens (including phenoxy) is 1. The van der Waals surface area contributed by atoms with Crippen LogP contribution in [0.25, 0.3) is 0 Å². The van der Waals surface area contributed by atoms with Crippen molar-refractivity contribution >= 4 is 35.5 Å². The van der Waals surface area contributed by atoms with Gasteiger partial charge < -0.3 is 26.5 Å². The molecular weight excluding hydrogens is 444 g/mol. The molecule has 2 rings (SSSR count). The minimum Gasteiger partial charge on any atom is -0.466 e. The molecule has 12 nitrogen and oxygen atoms in total. The molecule has 0 aliphatic heterocycles. The van der Waals surface area contributed by atoms with Crippen molar-refractivity contribution in [3.8, 4) is 0 Å². The molecule has 1 unspecified atom stereocenters. The maximum absolute atomic E-state index is 12.6. The van der Waals surface area contributed by atoms with Gasteiger partial charge in [0.2, 0.25) is 5.91 Å². The Morgan fingerprint density at radius 3 is 2.41 bits per heavy atom. The summed E-state index contributed by atoms with van der Waals surface area (Å²) >= 11 is 0. The Balaban J connectivity index is 2.06. The van der Waals surface area contributed by atoms with E-state index in [9.17, 15) is 24.5 Å². The number of nitrogens with one attached hydrogen (secondary N) is 3. The van der Waals surface area contributed by atoms with Crippen LogP contribution in [0.3, 0.4) is 0 Å². The Bertz CT molecular complexity index is 1020. The number of benzene rings is 2. The standard InChI is InChI=1S/C22H26N6O6/c1-2-34-21(30)11-12-24-20(29)13-19(16-5-9-18(10-6-16)28(32)33)27-22(31)26-17-7-3-15(4-8-17)14-25-23/h3-10,14,19H,2,11-13,23H2,1H3,(H,24,29)(H2,26,27,31). The maximum Gasteiger partial charge on any atom is 0.319 e. The first-order chi connectivity index (χ1) is 16.3. The Morgan fingerprint density at radius 2 is 1.82 bits per heavy atom. The van der Waals surface area contributed by atoms with Crippen LogP contribution < -0.4 is 21.8 Å². The van der Waals surface area contributed by atoms with Gasteiger partial charge in [0.1, 0.15) is 0 Å². The molecule has 5 N–H and O–H groups in total. The average Bonchev–Trinajstić information content (AvgIpc) is 2.80. The van der Waals surface area contributed by atoms with Gasteiger partial charge >= 0.3 is 12.0 Å². The minimum atomic E-state index is -0.785. The summed E-state index contributed by atoms with van der Waals surface area (Å²) in [5, 5.41) is 22.3. The first kappa shape index (κ1) is 25.8. The molecule has 0 saturated heterocycles. The Kier molecular flexibility index (Phi) is 9.97. The van der Waals surface area contributed by atoms with E-state index >= 15 is 0 Å². The number of hydrogen-bond acceptors (Lipinski definition) is 8. The van der Waals surface area contributed by atoms with Crippen LogP contribution in [-0.4, -0.2) is 42.2 Å². The Hall–Kier alpha value is -4.48. The molecule has 34 heavy (non-hydrogen) atoms. The van der Waals surface area contributed by atoms with Crippen LogP contribution in [0.4, 0.5) is 16.2 Å². The van der Waals surface area contributed by atoms with Gasteiger partial charge in [0, 0.05) is 24.4 Å². The van der Waals surface area contributed by atoms with Crippen molar-refractivity contribution in [3.05, 3.63) is 69.8 Å². The lowest BCUT2D eigenvalue weighted by Gasteiger charge is -2.19. The summed E-state index contributed by atoms with van der Waals surface area (Å²) in [6, 6.07) is 10.9. The van der Waals surface area contributed by atoms with Gasteiger partial charge in [-0.2, -0.15) is 5.10 Å². The van der Waals surface area contributed by atoms with E-state index in [0.717, 1.165) is 5.56 Å². The second-order valence-electron chi connectivity index (χ2n) is 7.01. The number of non-ortho nitro benzene ring substituents is 1. The number of carbonyl (C=O) groups is 3. The lowest BCUT2D eigenvalue weighted by molar-refractivity contribution is -0.384. The largest absolute Gasteiger partial charge is 0.466 e. The number of nitro benzene ring substituents is 1.